The van der Waals surface area contributed by atoms with Gasteiger partial charge in [-0.15, -0.1) is 0 Å². The zero-order valence-corrected chi connectivity index (χ0v) is 16.3. The molecule has 3 aromatic rings. The molecule has 9 nitrogen and oxygen atoms in total. The molecule has 0 fully saturated rings. The summed E-state index contributed by atoms with van der Waals surface area (Å²) < 4.78 is 10.1. The van der Waals surface area contributed by atoms with Crippen LogP contribution in [0.25, 0.3) is 0 Å². The van der Waals surface area contributed by atoms with E-state index in [1.54, 1.807) is 30.3 Å². The van der Waals surface area contributed by atoms with Crippen LogP contribution in [0.3, 0.4) is 0 Å². The number of rotatable bonds is 9. The van der Waals surface area contributed by atoms with Gasteiger partial charge < -0.3 is 20.1 Å². The fraction of sp³-hybridized carbons (Fsp3) is 0.143. The average Bonchev–Trinajstić information content (AvgIpc) is 2.76. The molecule has 2 aromatic carbocycles. The molecule has 0 spiro atoms. The number of hydrogen-bond acceptors (Lipinski definition) is 8. The number of nitrogens with zero attached hydrogens (tertiary/aromatic N) is 2. The molecule has 1 aromatic heterocycles. The van der Waals surface area contributed by atoms with Gasteiger partial charge >= 0.3 is 11.7 Å². The molecule has 30 heavy (non-hydrogen) atoms. The lowest BCUT2D eigenvalue weighted by Crippen LogP contribution is -2.17. The second-order valence-electron chi connectivity index (χ2n) is 6.12. The lowest BCUT2D eigenvalue weighted by atomic mass is 10.2. The summed E-state index contributed by atoms with van der Waals surface area (Å²) in [6.45, 7) is 4.48. The fourth-order valence-electron chi connectivity index (χ4n) is 2.51. The van der Waals surface area contributed by atoms with Crippen molar-refractivity contribution in [2.45, 2.75) is 6.54 Å². The molecule has 0 aliphatic carbocycles. The molecular formula is C21H21N5O4. The monoisotopic (exact) mass is 407 g/mol. The van der Waals surface area contributed by atoms with Crippen molar-refractivity contribution in [1.29, 1.82) is 0 Å². The normalized spacial score (nSPS) is 10.2. The van der Waals surface area contributed by atoms with Crippen LogP contribution in [0.5, 0.6) is 5.75 Å². The highest BCUT2D eigenvalue weighted by Crippen LogP contribution is 2.15. The summed E-state index contributed by atoms with van der Waals surface area (Å²) in [6, 6.07) is 14.1. The Hall–Kier alpha value is -4.14. The minimum Gasteiger partial charge on any atom is -0.490 e. The molecule has 0 atom stereocenters. The van der Waals surface area contributed by atoms with E-state index in [0.29, 0.717) is 24.4 Å². The number of H-pyrrole nitrogens is 1. The van der Waals surface area contributed by atoms with Crippen molar-refractivity contribution in [3.63, 3.8) is 0 Å². The maximum absolute atomic E-state index is 11.9. The van der Waals surface area contributed by atoms with Crippen molar-refractivity contribution < 1.29 is 14.3 Å². The predicted octanol–water partition coefficient (Wildman–Crippen LogP) is 2.87. The molecule has 9 heteroatoms. The molecule has 0 bridgehead atoms. The number of nitrogens with one attached hydrogen (secondary N) is 3. The lowest BCUT2D eigenvalue weighted by Gasteiger charge is -2.09. The first-order valence-electron chi connectivity index (χ1n) is 9.07. The number of hydrogen-bond donors (Lipinski definition) is 3. The zero-order valence-electron chi connectivity index (χ0n) is 16.3. The van der Waals surface area contributed by atoms with Gasteiger partial charge in [0.1, 0.15) is 12.4 Å². The van der Waals surface area contributed by atoms with Crippen molar-refractivity contribution in [3.05, 3.63) is 82.8 Å². The first-order chi connectivity index (χ1) is 14.6. The van der Waals surface area contributed by atoms with Gasteiger partial charge in [-0.05, 0) is 42.0 Å². The maximum atomic E-state index is 11.9. The maximum Gasteiger partial charge on any atom is 0.351 e. The molecule has 3 rings (SSSR count). The average molecular weight is 407 g/mol. The molecular weight excluding hydrogens is 386 g/mol. The van der Waals surface area contributed by atoms with E-state index < -0.39 is 11.7 Å². The minimum atomic E-state index is -0.547. The second-order valence-corrected chi connectivity index (χ2v) is 6.12. The number of carbonyl (C=O) groups excluding carboxylic acids is 1. The van der Waals surface area contributed by atoms with Gasteiger partial charge in [0.2, 0.25) is 11.9 Å². The summed E-state index contributed by atoms with van der Waals surface area (Å²) in [5, 5.41) is 5.99. The van der Waals surface area contributed by atoms with Gasteiger partial charge in [-0.25, -0.2) is 9.59 Å². The van der Waals surface area contributed by atoms with Crippen LogP contribution in [-0.4, -0.2) is 34.6 Å². The Morgan fingerprint density at radius 2 is 1.87 bits per heavy atom. The Labute approximate surface area is 172 Å². The topological polar surface area (TPSA) is 118 Å². The summed E-state index contributed by atoms with van der Waals surface area (Å²) in [7, 11) is 1.32. The summed E-state index contributed by atoms with van der Waals surface area (Å²) in [6.07, 6.45) is 1.68. The lowest BCUT2D eigenvalue weighted by molar-refractivity contribution is 0.0601. The van der Waals surface area contributed by atoms with E-state index >= 15 is 0 Å². The van der Waals surface area contributed by atoms with Gasteiger partial charge in [-0.3, -0.25) is 4.98 Å². The smallest absolute Gasteiger partial charge is 0.351 e. The van der Waals surface area contributed by atoms with E-state index in [2.05, 4.69) is 36.9 Å². The summed E-state index contributed by atoms with van der Waals surface area (Å²) in [5.74, 6) is 0.718. The fourth-order valence-corrected chi connectivity index (χ4v) is 2.51. The molecule has 154 valence electrons. The zero-order chi connectivity index (χ0) is 21.3. The predicted molar refractivity (Wildman–Crippen MR) is 113 cm³/mol. The Balaban J connectivity index is 1.64. The molecule has 0 amide bonds. The van der Waals surface area contributed by atoms with E-state index in [-0.39, 0.29) is 11.9 Å². The molecule has 0 unspecified atom stereocenters. The van der Waals surface area contributed by atoms with Crippen LogP contribution in [0.4, 0.5) is 17.6 Å². The van der Waals surface area contributed by atoms with E-state index in [4.69, 9.17) is 4.74 Å². The largest absolute Gasteiger partial charge is 0.490 e. The quantitative estimate of drug-likeness (QED) is 0.366. The molecule has 1 heterocycles. The molecule has 3 N–H and O–H groups in total. The second kappa shape index (κ2) is 9.87. The van der Waals surface area contributed by atoms with Gasteiger partial charge in [0.25, 0.3) is 0 Å². The van der Waals surface area contributed by atoms with Crippen molar-refractivity contribution in [2.24, 2.45) is 0 Å². The molecule has 0 saturated carbocycles. The van der Waals surface area contributed by atoms with Gasteiger partial charge in [0.05, 0.1) is 12.7 Å². The Morgan fingerprint density at radius 3 is 2.53 bits per heavy atom. The summed E-state index contributed by atoms with van der Waals surface area (Å²) >= 11 is 0. The molecule has 0 saturated heterocycles. The van der Waals surface area contributed by atoms with E-state index in [9.17, 15) is 9.59 Å². The number of ether oxygens (including phenoxy) is 2. The van der Waals surface area contributed by atoms with E-state index in [1.807, 2.05) is 24.3 Å². The van der Waals surface area contributed by atoms with Gasteiger partial charge in [0.15, 0.2) is 0 Å². The number of aromatic nitrogens is 3. The van der Waals surface area contributed by atoms with Gasteiger partial charge in [-0.2, -0.15) is 9.97 Å². The van der Waals surface area contributed by atoms with Crippen LogP contribution < -0.4 is 21.1 Å². The number of benzene rings is 2. The number of carbonyl (C=O) groups is 1. The molecule has 0 radical (unpaired) electrons. The van der Waals surface area contributed by atoms with Crippen molar-refractivity contribution in [3.8, 4) is 5.75 Å². The Bertz CT molecular complexity index is 1060. The van der Waals surface area contributed by atoms with Crippen LogP contribution >= 0.6 is 0 Å². The van der Waals surface area contributed by atoms with Crippen molar-refractivity contribution >= 4 is 23.6 Å². The van der Waals surface area contributed by atoms with Gasteiger partial charge in [-0.1, -0.05) is 24.8 Å². The van der Waals surface area contributed by atoms with Crippen LogP contribution in [0.2, 0.25) is 0 Å². The Kier molecular flexibility index (Phi) is 6.78. The first-order valence-corrected chi connectivity index (χ1v) is 9.07. The number of anilines is 3. The minimum absolute atomic E-state index is 0.180. The van der Waals surface area contributed by atoms with Crippen molar-refractivity contribution in [1.82, 2.24) is 15.0 Å². The van der Waals surface area contributed by atoms with Crippen LogP contribution in [0.1, 0.15) is 15.9 Å². The third-order valence-corrected chi connectivity index (χ3v) is 3.96. The highest BCUT2D eigenvalue weighted by atomic mass is 16.5. The number of aromatic amines is 1. The van der Waals surface area contributed by atoms with E-state index in [0.717, 1.165) is 11.3 Å². The molecule has 0 aliphatic rings. The van der Waals surface area contributed by atoms with Crippen LogP contribution in [-0.2, 0) is 11.3 Å². The highest BCUT2D eigenvalue weighted by molar-refractivity contribution is 5.89. The standard InChI is InChI=1S/C21H21N5O4/c1-3-12-30-17-10-4-14(5-11-17)13-22-19-24-20(26-21(28)25-19)23-16-8-6-15(7-9-16)18(27)29-2/h3-11H,1,12-13H2,2H3,(H3,22,23,24,25,26,28). The third-order valence-electron chi connectivity index (χ3n) is 3.96. The number of methoxy groups -OCH3 is 1. The van der Waals surface area contributed by atoms with Crippen LogP contribution in [0.15, 0.2) is 66.0 Å². The number of esters is 1. The van der Waals surface area contributed by atoms with Gasteiger partial charge in [0, 0.05) is 12.2 Å². The van der Waals surface area contributed by atoms with Crippen LogP contribution in [0, 0.1) is 0 Å². The summed E-state index contributed by atoms with van der Waals surface area (Å²) in [4.78, 5) is 34.0. The van der Waals surface area contributed by atoms with E-state index in [1.165, 1.54) is 7.11 Å². The summed E-state index contributed by atoms with van der Waals surface area (Å²) in [5.41, 5.74) is 1.48. The van der Waals surface area contributed by atoms with Crippen molar-refractivity contribution in [2.75, 3.05) is 24.4 Å². The highest BCUT2D eigenvalue weighted by Gasteiger charge is 2.07. The third kappa shape index (κ3) is 5.68. The first kappa shape index (κ1) is 20.6. The Morgan fingerprint density at radius 1 is 1.13 bits per heavy atom. The molecule has 0 aliphatic heterocycles. The SMILES string of the molecule is C=CCOc1ccc(CNc2nc(Nc3ccc(C(=O)OC)cc3)[nH]c(=O)n2)cc1.